The van der Waals surface area contributed by atoms with E-state index in [4.69, 9.17) is 0 Å². The summed E-state index contributed by atoms with van der Waals surface area (Å²) in [6.07, 6.45) is 7.01. The maximum atomic E-state index is 12.6. The van der Waals surface area contributed by atoms with E-state index in [2.05, 4.69) is 41.6 Å². The minimum atomic E-state index is 0.143. The molecule has 0 bridgehead atoms. The fourth-order valence-corrected chi connectivity index (χ4v) is 3.44. The number of aromatic nitrogens is 2. The minimum absolute atomic E-state index is 0.143. The van der Waals surface area contributed by atoms with Crippen LogP contribution in [0.4, 0.5) is 0 Å². The zero-order chi connectivity index (χ0) is 16.9. The van der Waals surface area contributed by atoms with Gasteiger partial charge in [0.15, 0.2) is 0 Å². The number of benzene rings is 1. The molecule has 1 aliphatic carbocycles. The molecule has 0 radical (unpaired) electrons. The van der Waals surface area contributed by atoms with Gasteiger partial charge in [0.05, 0.1) is 19.1 Å². The fraction of sp³-hybridized carbons (Fsp3) is 0.474. The summed E-state index contributed by atoms with van der Waals surface area (Å²) in [5.41, 5.74) is 2.69. The fourth-order valence-electron chi connectivity index (χ4n) is 3.44. The molecule has 3 rings (SSSR count). The molecule has 0 spiro atoms. The molecule has 128 valence electrons. The van der Waals surface area contributed by atoms with Gasteiger partial charge in [-0.05, 0) is 43.4 Å². The largest absolute Gasteiger partial charge is 0.338 e. The van der Waals surface area contributed by atoms with E-state index >= 15 is 0 Å². The van der Waals surface area contributed by atoms with Crippen LogP contribution in [-0.2, 0) is 17.8 Å². The van der Waals surface area contributed by atoms with E-state index < -0.39 is 0 Å². The van der Waals surface area contributed by atoms with Crippen molar-refractivity contribution in [2.75, 3.05) is 13.6 Å². The highest BCUT2D eigenvalue weighted by molar-refractivity contribution is 5.78. The van der Waals surface area contributed by atoms with Crippen molar-refractivity contribution < 1.29 is 4.79 Å². The Balaban J connectivity index is 1.55. The third kappa shape index (κ3) is 3.85. The van der Waals surface area contributed by atoms with Crippen molar-refractivity contribution in [2.45, 2.75) is 44.8 Å². The molecule has 0 unspecified atom stereocenters. The van der Waals surface area contributed by atoms with Crippen LogP contribution >= 0.6 is 0 Å². The topological polar surface area (TPSA) is 50.2 Å². The summed E-state index contributed by atoms with van der Waals surface area (Å²) in [5, 5.41) is 7.51. The van der Waals surface area contributed by atoms with Gasteiger partial charge in [-0.1, -0.05) is 24.3 Å². The summed E-state index contributed by atoms with van der Waals surface area (Å²) in [7, 11) is 1.93. The lowest BCUT2D eigenvalue weighted by atomic mass is 9.87. The first-order valence-corrected chi connectivity index (χ1v) is 8.69. The van der Waals surface area contributed by atoms with Crippen molar-refractivity contribution in [3.8, 4) is 0 Å². The number of likely N-dealkylation sites (N-methyl/N-ethyl adjacent to an activating group) is 1. The quantitative estimate of drug-likeness (QED) is 0.887. The highest BCUT2D eigenvalue weighted by Crippen LogP contribution is 2.33. The van der Waals surface area contributed by atoms with Crippen molar-refractivity contribution in [2.24, 2.45) is 0 Å². The molecular formula is C19H26N4O. The average molecular weight is 326 g/mol. The number of fused-ring (bicyclic) bond motifs is 1. The summed E-state index contributed by atoms with van der Waals surface area (Å²) < 4.78 is 1.88. The van der Waals surface area contributed by atoms with Gasteiger partial charge in [0.2, 0.25) is 5.91 Å². The Morgan fingerprint density at radius 2 is 2.25 bits per heavy atom. The molecular weight excluding hydrogens is 300 g/mol. The number of hydrogen-bond donors (Lipinski definition) is 1. The van der Waals surface area contributed by atoms with E-state index in [9.17, 15) is 4.79 Å². The molecule has 0 saturated heterocycles. The molecule has 1 aliphatic rings. The molecule has 2 aromatic rings. The van der Waals surface area contributed by atoms with E-state index in [1.807, 2.05) is 28.9 Å². The van der Waals surface area contributed by atoms with Gasteiger partial charge in [-0.2, -0.15) is 5.10 Å². The second-order valence-electron chi connectivity index (χ2n) is 6.62. The Labute approximate surface area is 143 Å². The molecule has 1 amide bonds. The third-order valence-electron chi connectivity index (χ3n) is 4.82. The number of nitrogens with zero attached hydrogens (tertiary/aromatic N) is 3. The third-order valence-corrected chi connectivity index (χ3v) is 4.82. The van der Waals surface area contributed by atoms with Gasteiger partial charge in [0, 0.05) is 25.5 Å². The van der Waals surface area contributed by atoms with Crippen LogP contribution in [-0.4, -0.2) is 40.2 Å². The zero-order valence-corrected chi connectivity index (χ0v) is 14.5. The molecule has 5 heteroatoms. The van der Waals surface area contributed by atoms with E-state index in [-0.39, 0.29) is 18.0 Å². The number of carbonyl (C=O) groups is 1. The van der Waals surface area contributed by atoms with Gasteiger partial charge >= 0.3 is 0 Å². The maximum absolute atomic E-state index is 12.6. The monoisotopic (exact) mass is 326 g/mol. The van der Waals surface area contributed by atoms with E-state index in [1.54, 1.807) is 6.20 Å². The molecule has 24 heavy (non-hydrogen) atoms. The SMILES string of the molecule is C[C@H](Cn1cccn1)NCC(=O)N(C)[C@@H]1CCCc2ccccc21. The summed E-state index contributed by atoms with van der Waals surface area (Å²) in [6, 6.07) is 10.8. The summed E-state index contributed by atoms with van der Waals surface area (Å²) in [6.45, 7) is 3.19. The first-order chi connectivity index (χ1) is 11.6. The van der Waals surface area contributed by atoms with Gasteiger partial charge in [0.25, 0.3) is 0 Å². The van der Waals surface area contributed by atoms with Gasteiger partial charge in [0.1, 0.15) is 0 Å². The average Bonchev–Trinajstić information content (AvgIpc) is 3.11. The van der Waals surface area contributed by atoms with E-state index in [1.165, 1.54) is 11.1 Å². The van der Waals surface area contributed by atoms with E-state index in [0.717, 1.165) is 25.8 Å². The van der Waals surface area contributed by atoms with Crippen LogP contribution in [0.1, 0.15) is 36.9 Å². The van der Waals surface area contributed by atoms with Crippen LogP contribution in [0.15, 0.2) is 42.7 Å². The number of carbonyl (C=O) groups excluding carboxylic acids is 1. The van der Waals surface area contributed by atoms with Crippen molar-refractivity contribution in [3.63, 3.8) is 0 Å². The molecule has 1 aromatic heterocycles. The highest BCUT2D eigenvalue weighted by Gasteiger charge is 2.26. The maximum Gasteiger partial charge on any atom is 0.236 e. The summed E-state index contributed by atoms with van der Waals surface area (Å²) in [5.74, 6) is 0.143. The van der Waals surface area contributed by atoms with Crippen LogP contribution in [0.25, 0.3) is 0 Å². The Morgan fingerprint density at radius 1 is 1.42 bits per heavy atom. The lowest BCUT2D eigenvalue weighted by molar-refractivity contribution is -0.131. The van der Waals surface area contributed by atoms with Crippen LogP contribution in [0.5, 0.6) is 0 Å². The Morgan fingerprint density at radius 3 is 3.04 bits per heavy atom. The number of nitrogens with one attached hydrogen (secondary N) is 1. The predicted octanol–water partition coefficient (Wildman–Crippen LogP) is 2.40. The molecule has 1 N–H and O–H groups in total. The Kier molecular flexibility index (Phi) is 5.30. The zero-order valence-electron chi connectivity index (χ0n) is 14.5. The van der Waals surface area contributed by atoms with E-state index in [0.29, 0.717) is 6.54 Å². The lowest BCUT2D eigenvalue weighted by Crippen LogP contribution is -2.42. The van der Waals surface area contributed by atoms with Crippen molar-refractivity contribution in [1.82, 2.24) is 20.0 Å². The lowest BCUT2D eigenvalue weighted by Gasteiger charge is -2.33. The number of amides is 1. The van der Waals surface area contributed by atoms with Crippen LogP contribution in [0, 0.1) is 0 Å². The van der Waals surface area contributed by atoms with Crippen LogP contribution in [0.2, 0.25) is 0 Å². The van der Waals surface area contributed by atoms with Gasteiger partial charge in [-0.25, -0.2) is 0 Å². The first kappa shape index (κ1) is 16.7. The summed E-state index contributed by atoms with van der Waals surface area (Å²) in [4.78, 5) is 14.5. The molecule has 0 aliphatic heterocycles. The molecule has 5 nitrogen and oxygen atoms in total. The highest BCUT2D eigenvalue weighted by atomic mass is 16.2. The van der Waals surface area contributed by atoms with Gasteiger partial charge in [-0.3, -0.25) is 9.48 Å². The molecule has 0 fully saturated rings. The normalized spacial score (nSPS) is 18.0. The smallest absolute Gasteiger partial charge is 0.236 e. The second-order valence-corrected chi connectivity index (χ2v) is 6.62. The van der Waals surface area contributed by atoms with Crippen molar-refractivity contribution in [1.29, 1.82) is 0 Å². The van der Waals surface area contributed by atoms with Crippen molar-refractivity contribution >= 4 is 5.91 Å². The molecule has 1 heterocycles. The summed E-state index contributed by atoms with van der Waals surface area (Å²) >= 11 is 0. The number of aryl methyl sites for hydroxylation is 1. The predicted molar refractivity (Wildman–Crippen MR) is 94.6 cm³/mol. The Hall–Kier alpha value is -2.14. The minimum Gasteiger partial charge on any atom is -0.338 e. The van der Waals surface area contributed by atoms with Gasteiger partial charge < -0.3 is 10.2 Å². The molecule has 2 atom stereocenters. The molecule has 1 aromatic carbocycles. The second kappa shape index (κ2) is 7.62. The number of hydrogen-bond acceptors (Lipinski definition) is 3. The standard InChI is InChI=1S/C19H26N4O/c1-15(14-23-12-6-11-21-23)20-13-19(24)22(2)18-10-5-8-16-7-3-4-9-17(16)18/h3-4,6-7,9,11-12,15,18,20H,5,8,10,13-14H2,1-2H3/t15-,18-/m1/s1. The first-order valence-electron chi connectivity index (χ1n) is 8.69. The van der Waals surface area contributed by atoms with Crippen LogP contribution in [0.3, 0.4) is 0 Å². The Bertz CT molecular complexity index is 668. The van der Waals surface area contributed by atoms with Gasteiger partial charge in [-0.15, -0.1) is 0 Å². The molecule has 0 saturated carbocycles. The van der Waals surface area contributed by atoms with Crippen molar-refractivity contribution in [3.05, 3.63) is 53.9 Å². The number of rotatable bonds is 6. The van der Waals surface area contributed by atoms with Crippen LogP contribution < -0.4 is 5.32 Å².